The van der Waals surface area contributed by atoms with Gasteiger partial charge in [-0.25, -0.2) is 13.1 Å². The number of methoxy groups -OCH3 is 1. The third kappa shape index (κ3) is 3.53. The van der Waals surface area contributed by atoms with Gasteiger partial charge in [0, 0.05) is 13.2 Å². The SMILES string of the molecule is COC[C@@H](C)NS(=O)(=O)c1ccccc1C#N. The topological polar surface area (TPSA) is 79.2 Å². The molecule has 0 aromatic heterocycles. The fourth-order valence-corrected chi connectivity index (χ4v) is 2.79. The highest BCUT2D eigenvalue weighted by Crippen LogP contribution is 2.14. The van der Waals surface area contributed by atoms with Gasteiger partial charge in [-0.15, -0.1) is 0 Å². The van der Waals surface area contributed by atoms with E-state index in [1.165, 1.54) is 19.2 Å². The maximum atomic E-state index is 12.0. The summed E-state index contributed by atoms with van der Waals surface area (Å²) in [4.78, 5) is -0.00884. The Morgan fingerprint density at radius 2 is 2.12 bits per heavy atom. The second kappa shape index (κ2) is 5.77. The lowest BCUT2D eigenvalue weighted by atomic mass is 10.2. The van der Waals surface area contributed by atoms with Gasteiger partial charge < -0.3 is 4.74 Å². The first-order chi connectivity index (χ1) is 8.01. The van der Waals surface area contributed by atoms with Gasteiger partial charge in [-0.2, -0.15) is 5.26 Å². The Hall–Kier alpha value is -1.42. The summed E-state index contributed by atoms with van der Waals surface area (Å²) in [6, 6.07) is 7.58. The van der Waals surface area contributed by atoms with Crippen molar-refractivity contribution in [3.05, 3.63) is 29.8 Å². The number of ether oxygens (including phenoxy) is 1. The summed E-state index contributed by atoms with van der Waals surface area (Å²) in [7, 11) is -2.18. The molecule has 1 aromatic rings. The molecule has 1 aromatic carbocycles. The fourth-order valence-electron chi connectivity index (χ4n) is 1.41. The highest BCUT2D eigenvalue weighted by molar-refractivity contribution is 7.89. The smallest absolute Gasteiger partial charge is 0.242 e. The van der Waals surface area contributed by atoms with Crippen LogP contribution in [0.15, 0.2) is 29.2 Å². The van der Waals surface area contributed by atoms with Crippen LogP contribution < -0.4 is 4.72 Å². The van der Waals surface area contributed by atoms with Gasteiger partial charge in [-0.1, -0.05) is 12.1 Å². The fraction of sp³-hybridized carbons (Fsp3) is 0.364. The molecule has 92 valence electrons. The molecule has 0 aliphatic heterocycles. The van der Waals surface area contributed by atoms with Crippen LogP contribution in [-0.2, 0) is 14.8 Å². The van der Waals surface area contributed by atoms with Gasteiger partial charge in [0.1, 0.15) is 6.07 Å². The first-order valence-corrected chi connectivity index (χ1v) is 6.50. The molecule has 5 nitrogen and oxygen atoms in total. The van der Waals surface area contributed by atoms with E-state index in [0.29, 0.717) is 0 Å². The minimum Gasteiger partial charge on any atom is -0.383 e. The van der Waals surface area contributed by atoms with Crippen molar-refractivity contribution >= 4 is 10.0 Å². The molecule has 0 spiro atoms. The summed E-state index contributed by atoms with van der Waals surface area (Å²) in [5.74, 6) is 0. The molecule has 0 bridgehead atoms. The van der Waals surface area contributed by atoms with Crippen LogP contribution in [0, 0.1) is 11.3 Å². The number of nitriles is 1. The highest BCUT2D eigenvalue weighted by Gasteiger charge is 2.20. The molecule has 0 saturated heterocycles. The number of rotatable bonds is 5. The molecule has 0 fully saturated rings. The maximum absolute atomic E-state index is 12.0. The molecule has 0 aliphatic carbocycles. The van der Waals surface area contributed by atoms with E-state index in [0.717, 1.165) is 0 Å². The van der Waals surface area contributed by atoms with E-state index in [1.807, 2.05) is 6.07 Å². The summed E-state index contributed by atoms with van der Waals surface area (Å²) >= 11 is 0. The first-order valence-electron chi connectivity index (χ1n) is 5.01. The molecular weight excluding hydrogens is 240 g/mol. The molecule has 1 atom stereocenters. The number of hydrogen-bond donors (Lipinski definition) is 1. The van der Waals surface area contributed by atoms with Gasteiger partial charge in [-0.05, 0) is 19.1 Å². The summed E-state index contributed by atoms with van der Waals surface area (Å²) in [5, 5.41) is 8.85. The summed E-state index contributed by atoms with van der Waals surface area (Å²) in [5.41, 5.74) is 0.129. The van der Waals surface area contributed by atoms with E-state index in [1.54, 1.807) is 19.1 Å². The third-order valence-corrected chi connectivity index (χ3v) is 3.72. The van der Waals surface area contributed by atoms with Crippen molar-refractivity contribution < 1.29 is 13.2 Å². The number of nitrogens with zero attached hydrogens (tertiary/aromatic N) is 1. The molecule has 0 amide bonds. The largest absolute Gasteiger partial charge is 0.383 e. The minimum atomic E-state index is -3.68. The van der Waals surface area contributed by atoms with Crippen molar-refractivity contribution in [2.24, 2.45) is 0 Å². The summed E-state index contributed by atoms with van der Waals surface area (Å²) in [6.07, 6.45) is 0. The molecular formula is C11H14N2O3S. The van der Waals surface area contributed by atoms with Crippen LogP contribution in [0.4, 0.5) is 0 Å². The number of hydrogen-bond acceptors (Lipinski definition) is 4. The van der Waals surface area contributed by atoms with Crippen LogP contribution in [-0.4, -0.2) is 28.2 Å². The standard InChI is InChI=1S/C11H14N2O3S/c1-9(8-16-2)13-17(14,15)11-6-4-3-5-10(11)7-12/h3-6,9,13H,8H2,1-2H3/t9-/m1/s1. The second-order valence-electron chi connectivity index (χ2n) is 3.59. The van der Waals surface area contributed by atoms with Crippen molar-refractivity contribution in [2.75, 3.05) is 13.7 Å². The molecule has 0 saturated carbocycles. The van der Waals surface area contributed by atoms with Crippen LogP contribution in [0.3, 0.4) is 0 Å². The van der Waals surface area contributed by atoms with E-state index in [-0.39, 0.29) is 23.1 Å². The lowest BCUT2D eigenvalue weighted by Crippen LogP contribution is -2.35. The van der Waals surface area contributed by atoms with Crippen molar-refractivity contribution in [1.82, 2.24) is 4.72 Å². The van der Waals surface area contributed by atoms with E-state index >= 15 is 0 Å². The van der Waals surface area contributed by atoms with E-state index < -0.39 is 10.0 Å². The van der Waals surface area contributed by atoms with Crippen molar-refractivity contribution in [2.45, 2.75) is 17.9 Å². The Balaban J connectivity index is 3.02. The summed E-state index contributed by atoms with van der Waals surface area (Å²) < 4.78 is 31.3. The molecule has 0 radical (unpaired) electrons. The lowest BCUT2D eigenvalue weighted by molar-refractivity contribution is 0.180. The van der Waals surface area contributed by atoms with Gasteiger partial charge in [0.2, 0.25) is 10.0 Å². The molecule has 1 rings (SSSR count). The predicted molar refractivity (Wildman–Crippen MR) is 62.8 cm³/mol. The third-order valence-electron chi connectivity index (χ3n) is 2.07. The Kier molecular flexibility index (Phi) is 4.63. The quantitative estimate of drug-likeness (QED) is 0.845. The zero-order valence-corrected chi connectivity index (χ0v) is 10.5. The second-order valence-corrected chi connectivity index (χ2v) is 5.27. The minimum absolute atomic E-state index is 0.00884. The molecule has 6 heteroatoms. The highest BCUT2D eigenvalue weighted by atomic mass is 32.2. The van der Waals surface area contributed by atoms with Gasteiger partial charge >= 0.3 is 0 Å². The van der Waals surface area contributed by atoms with Gasteiger partial charge in [-0.3, -0.25) is 0 Å². The van der Waals surface area contributed by atoms with Gasteiger partial charge in [0.25, 0.3) is 0 Å². The number of benzene rings is 1. The van der Waals surface area contributed by atoms with Gasteiger partial charge in [0.05, 0.1) is 17.1 Å². The molecule has 17 heavy (non-hydrogen) atoms. The van der Waals surface area contributed by atoms with Crippen molar-refractivity contribution in [3.8, 4) is 6.07 Å². The molecule has 1 N–H and O–H groups in total. The zero-order valence-electron chi connectivity index (χ0n) is 9.67. The van der Waals surface area contributed by atoms with E-state index in [2.05, 4.69) is 4.72 Å². The molecule has 0 aliphatic rings. The average molecular weight is 254 g/mol. The lowest BCUT2D eigenvalue weighted by Gasteiger charge is -2.13. The predicted octanol–water partition coefficient (Wildman–Crippen LogP) is 0.871. The van der Waals surface area contributed by atoms with Crippen LogP contribution >= 0.6 is 0 Å². The Labute approximate surface area is 101 Å². The van der Waals surface area contributed by atoms with Crippen LogP contribution in [0.1, 0.15) is 12.5 Å². The maximum Gasteiger partial charge on any atom is 0.242 e. The Morgan fingerprint density at radius 1 is 1.47 bits per heavy atom. The number of nitrogens with one attached hydrogen (secondary N) is 1. The van der Waals surface area contributed by atoms with Gasteiger partial charge in [0.15, 0.2) is 0 Å². The monoisotopic (exact) mass is 254 g/mol. The molecule has 0 heterocycles. The molecule has 0 unspecified atom stereocenters. The van der Waals surface area contributed by atoms with E-state index in [4.69, 9.17) is 10.00 Å². The average Bonchev–Trinajstić information content (AvgIpc) is 2.28. The zero-order chi connectivity index (χ0) is 12.9. The van der Waals surface area contributed by atoms with Crippen molar-refractivity contribution in [3.63, 3.8) is 0 Å². The van der Waals surface area contributed by atoms with Crippen LogP contribution in [0.2, 0.25) is 0 Å². The normalized spacial score (nSPS) is 13.0. The van der Waals surface area contributed by atoms with E-state index in [9.17, 15) is 8.42 Å². The van der Waals surface area contributed by atoms with Crippen LogP contribution in [0.25, 0.3) is 0 Å². The van der Waals surface area contributed by atoms with Crippen molar-refractivity contribution in [1.29, 1.82) is 5.26 Å². The van der Waals surface area contributed by atoms with Crippen LogP contribution in [0.5, 0.6) is 0 Å². The summed E-state index contributed by atoms with van der Waals surface area (Å²) in [6.45, 7) is 1.96. The Morgan fingerprint density at radius 3 is 2.71 bits per heavy atom. The number of sulfonamides is 1. The first kappa shape index (κ1) is 13.6. The Bertz CT molecular complexity index is 520.